The average molecular weight is 231 g/mol. The topological polar surface area (TPSA) is 41.6 Å². The first kappa shape index (κ1) is 11.0. The highest BCUT2D eigenvalue weighted by Crippen LogP contribution is 2.23. The molecule has 0 bridgehead atoms. The fourth-order valence-corrected chi connectivity index (χ4v) is 2.32. The van der Waals surface area contributed by atoms with Crippen LogP contribution in [0.25, 0.3) is 11.0 Å². The fraction of sp³-hybridized carbons (Fsp3) is 0.333. The first-order valence-electron chi connectivity index (χ1n) is 5.21. The van der Waals surface area contributed by atoms with Crippen LogP contribution in [-0.4, -0.2) is 15.3 Å². The van der Waals surface area contributed by atoms with Gasteiger partial charge in [0.1, 0.15) is 0 Å². The number of rotatable bonds is 3. The van der Waals surface area contributed by atoms with E-state index >= 15 is 0 Å². The Morgan fingerprint density at radius 2 is 2.31 bits per heavy atom. The Morgan fingerprint density at radius 1 is 1.50 bits per heavy atom. The lowest BCUT2D eigenvalue weighted by Crippen LogP contribution is -1.90. The first-order valence-corrected chi connectivity index (χ1v) is 6.20. The molecule has 1 heterocycles. The molecular weight excluding hydrogens is 218 g/mol. The maximum Gasteiger partial charge on any atom is 0.169 e. The van der Waals surface area contributed by atoms with E-state index in [1.807, 2.05) is 11.6 Å². The van der Waals surface area contributed by atoms with Crippen molar-refractivity contribution in [1.82, 2.24) is 9.55 Å². The highest BCUT2D eigenvalue weighted by Gasteiger charge is 2.07. The monoisotopic (exact) mass is 231 g/mol. The van der Waals surface area contributed by atoms with Gasteiger partial charge in [-0.15, -0.1) is 0 Å². The molecule has 2 rings (SSSR count). The van der Waals surface area contributed by atoms with E-state index in [0.29, 0.717) is 5.75 Å². The van der Waals surface area contributed by atoms with Crippen LogP contribution in [0.15, 0.2) is 23.4 Å². The van der Waals surface area contributed by atoms with E-state index in [1.165, 1.54) is 17.3 Å². The second kappa shape index (κ2) is 4.58. The number of benzene rings is 1. The van der Waals surface area contributed by atoms with Gasteiger partial charge < -0.3 is 4.57 Å². The highest BCUT2D eigenvalue weighted by atomic mass is 32.2. The molecule has 0 N–H and O–H groups in total. The van der Waals surface area contributed by atoms with Crippen molar-refractivity contribution in [1.29, 1.82) is 5.26 Å². The third-order valence-corrected chi connectivity index (χ3v) is 3.48. The van der Waals surface area contributed by atoms with Crippen LogP contribution in [0.3, 0.4) is 0 Å². The Kier molecular flexibility index (Phi) is 3.16. The van der Waals surface area contributed by atoms with E-state index in [0.717, 1.165) is 22.6 Å². The maximum atomic E-state index is 8.57. The summed E-state index contributed by atoms with van der Waals surface area (Å²) in [7, 11) is 1.99. The number of hydrogen-bond acceptors (Lipinski definition) is 3. The molecule has 0 saturated carbocycles. The number of thioether (sulfide) groups is 1. The number of fused-ring (bicyclic) bond motifs is 1. The Balaban J connectivity index is 2.46. The SMILES string of the molecule is CCc1ccc2c(c1)nc(SCC#N)n2C. The molecule has 2 aromatic rings. The second-order valence-electron chi connectivity index (χ2n) is 3.58. The number of imidazole rings is 1. The fourth-order valence-electron chi connectivity index (χ4n) is 1.67. The molecule has 0 spiro atoms. The molecule has 16 heavy (non-hydrogen) atoms. The van der Waals surface area contributed by atoms with E-state index < -0.39 is 0 Å². The van der Waals surface area contributed by atoms with Gasteiger partial charge >= 0.3 is 0 Å². The minimum atomic E-state index is 0.442. The molecule has 4 heteroatoms. The zero-order valence-electron chi connectivity index (χ0n) is 9.40. The van der Waals surface area contributed by atoms with Crippen LogP contribution in [0.2, 0.25) is 0 Å². The number of aryl methyl sites for hydroxylation is 2. The smallest absolute Gasteiger partial charge is 0.169 e. The molecule has 0 atom stereocenters. The summed E-state index contributed by atoms with van der Waals surface area (Å²) in [5.41, 5.74) is 3.43. The van der Waals surface area contributed by atoms with Crippen LogP contribution < -0.4 is 0 Å². The molecule has 1 aromatic heterocycles. The first-order chi connectivity index (χ1) is 7.76. The van der Waals surface area contributed by atoms with Crippen molar-refractivity contribution in [2.24, 2.45) is 7.05 Å². The molecule has 0 unspecified atom stereocenters. The van der Waals surface area contributed by atoms with E-state index in [2.05, 4.69) is 36.2 Å². The standard InChI is InChI=1S/C12H13N3S/c1-3-9-4-5-11-10(8-9)14-12(15(11)2)16-7-6-13/h4-5,8H,3,7H2,1-2H3. The number of aromatic nitrogens is 2. The molecule has 0 aliphatic rings. The summed E-state index contributed by atoms with van der Waals surface area (Å²) in [6.45, 7) is 2.13. The van der Waals surface area contributed by atoms with Crippen molar-refractivity contribution in [3.8, 4) is 6.07 Å². The summed E-state index contributed by atoms with van der Waals surface area (Å²) in [6, 6.07) is 8.46. The third kappa shape index (κ3) is 1.91. The predicted molar refractivity (Wildman–Crippen MR) is 66.4 cm³/mol. The van der Waals surface area contributed by atoms with Crippen LogP contribution in [-0.2, 0) is 13.5 Å². The number of nitriles is 1. The maximum absolute atomic E-state index is 8.57. The summed E-state index contributed by atoms with van der Waals surface area (Å²) in [5, 5.41) is 9.47. The molecule has 3 nitrogen and oxygen atoms in total. The van der Waals surface area contributed by atoms with Gasteiger partial charge in [-0.05, 0) is 24.1 Å². The number of nitrogens with zero attached hydrogens (tertiary/aromatic N) is 3. The summed E-state index contributed by atoms with van der Waals surface area (Å²) >= 11 is 1.48. The zero-order chi connectivity index (χ0) is 11.5. The Hall–Kier alpha value is -1.47. The summed E-state index contributed by atoms with van der Waals surface area (Å²) in [6.07, 6.45) is 1.02. The summed E-state index contributed by atoms with van der Waals surface area (Å²) in [4.78, 5) is 4.53. The zero-order valence-corrected chi connectivity index (χ0v) is 10.2. The van der Waals surface area contributed by atoms with Gasteiger partial charge in [-0.2, -0.15) is 5.26 Å². The van der Waals surface area contributed by atoms with Gasteiger partial charge in [0.15, 0.2) is 5.16 Å². The molecule has 0 amide bonds. The lowest BCUT2D eigenvalue weighted by atomic mass is 10.1. The van der Waals surface area contributed by atoms with Crippen LogP contribution in [0.4, 0.5) is 0 Å². The van der Waals surface area contributed by atoms with Gasteiger partial charge in [-0.3, -0.25) is 0 Å². The molecule has 0 aliphatic heterocycles. The Bertz CT molecular complexity index is 551. The summed E-state index contributed by atoms with van der Waals surface area (Å²) in [5.74, 6) is 0.442. The van der Waals surface area contributed by atoms with E-state index in [1.54, 1.807) is 0 Å². The van der Waals surface area contributed by atoms with Crippen molar-refractivity contribution in [2.75, 3.05) is 5.75 Å². The van der Waals surface area contributed by atoms with Gasteiger partial charge in [0.25, 0.3) is 0 Å². The normalized spacial score (nSPS) is 10.6. The van der Waals surface area contributed by atoms with Gasteiger partial charge in [-0.25, -0.2) is 4.98 Å². The van der Waals surface area contributed by atoms with Crippen LogP contribution in [0.5, 0.6) is 0 Å². The van der Waals surface area contributed by atoms with Crippen molar-refractivity contribution in [3.05, 3.63) is 23.8 Å². The van der Waals surface area contributed by atoms with E-state index in [9.17, 15) is 0 Å². The third-order valence-electron chi connectivity index (χ3n) is 2.58. The summed E-state index contributed by atoms with van der Waals surface area (Å²) < 4.78 is 2.04. The molecular formula is C12H13N3S. The molecule has 0 saturated heterocycles. The quantitative estimate of drug-likeness (QED) is 0.763. The van der Waals surface area contributed by atoms with E-state index in [4.69, 9.17) is 5.26 Å². The molecule has 82 valence electrons. The molecule has 0 fully saturated rings. The minimum Gasteiger partial charge on any atom is -0.322 e. The Labute approximate surface area is 99.1 Å². The van der Waals surface area contributed by atoms with Gasteiger partial charge in [-0.1, -0.05) is 24.8 Å². The van der Waals surface area contributed by atoms with Crippen LogP contribution in [0.1, 0.15) is 12.5 Å². The molecule has 0 aliphatic carbocycles. The Morgan fingerprint density at radius 3 is 3.00 bits per heavy atom. The highest BCUT2D eigenvalue weighted by molar-refractivity contribution is 7.99. The lowest BCUT2D eigenvalue weighted by molar-refractivity contribution is 0.816. The van der Waals surface area contributed by atoms with Gasteiger partial charge in [0.2, 0.25) is 0 Å². The second-order valence-corrected chi connectivity index (χ2v) is 4.52. The predicted octanol–water partition coefficient (Wildman–Crippen LogP) is 2.75. The van der Waals surface area contributed by atoms with Crippen molar-refractivity contribution >= 4 is 22.8 Å². The van der Waals surface area contributed by atoms with Crippen LogP contribution >= 0.6 is 11.8 Å². The minimum absolute atomic E-state index is 0.442. The van der Waals surface area contributed by atoms with Crippen molar-refractivity contribution < 1.29 is 0 Å². The lowest BCUT2D eigenvalue weighted by Gasteiger charge is -1.99. The average Bonchev–Trinajstić information content (AvgIpc) is 2.63. The van der Waals surface area contributed by atoms with Crippen molar-refractivity contribution in [2.45, 2.75) is 18.5 Å². The van der Waals surface area contributed by atoms with Gasteiger partial charge in [0, 0.05) is 7.05 Å². The van der Waals surface area contributed by atoms with Gasteiger partial charge in [0.05, 0.1) is 22.9 Å². The largest absolute Gasteiger partial charge is 0.322 e. The number of hydrogen-bond donors (Lipinski definition) is 0. The molecule has 0 radical (unpaired) electrons. The van der Waals surface area contributed by atoms with Crippen molar-refractivity contribution in [3.63, 3.8) is 0 Å². The van der Waals surface area contributed by atoms with E-state index in [-0.39, 0.29) is 0 Å². The molecule has 1 aromatic carbocycles. The van der Waals surface area contributed by atoms with Crippen LogP contribution in [0, 0.1) is 11.3 Å².